The van der Waals surface area contributed by atoms with E-state index in [9.17, 15) is 0 Å². The molecule has 2 aromatic carbocycles. The Labute approximate surface area is 134 Å². The summed E-state index contributed by atoms with van der Waals surface area (Å²) in [5.41, 5.74) is 9.07. The van der Waals surface area contributed by atoms with Crippen molar-refractivity contribution in [3.8, 4) is 0 Å². The SMILES string of the molecule is NC1CCCCN1CCC(c1ccccc1)c1ccccc1. The van der Waals surface area contributed by atoms with Crippen molar-refractivity contribution in [1.82, 2.24) is 4.90 Å². The van der Waals surface area contributed by atoms with Crippen molar-refractivity contribution < 1.29 is 0 Å². The summed E-state index contributed by atoms with van der Waals surface area (Å²) in [7, 11) is 0. The molecule has 116 valence electrons. The van der Waals surface area contributed by atoms with Gasteiger partial charge in [-0.1, -0.05) is 60.7 Å². The zero-order valence-corrected chi connectivity index (χ0v) is 13.2. The highest BCUT2D eigenvalue weighted by atomic mass is 15.2. The predicted octanol–water partition coefficient (Wildman–Crippen LogP) is 3.98. The minimum Gasteiger partial charge on any atom is -0.316 e. The maximum absolute atomic E-state index is 6.27. The molecule has 1 atom stereocenters. The van der Waals surface area contributed by atoms with Gasteiger partial charge in [0.1, 0.15) is 0 Å². The molecule has 0 aromatic heterocycles. The molecule has 0 radical (unpaired) electrons. The van der Waals surface area contributed by atoms with Crippen LogP contribution in [0.15, 0.2) is 60.7 Å². The fraction of sp³-hybridized carbons (Fsp3) is 0.400. The Balaban J connectivity index is 1.74. The molecule has 1 saturated heterocycles. The molecule has 2 nitrogen and oxygen atoms in total. The quantitative estimate of drug-likeness (QED) is 0.904. The lowest BCUT2D eigenvalue weighted by Gasteiger charge is -2.34. The highest BCUT2D eigenvalue weighted by Gasteiger charge is 2.21. The maximum Gasteiger partial charge on any atom is 0.0571 e. The first-order valence-corrected chi connectivity index (χ1v) is 8.44. The number of hydrogen-bond donors (Lipinski definition) is 1. The second-order valence-corrected chi connectivity index (χ2v) is 6.26. The first-order chi connectivity index (χ1) is 10.8. The van der Waals surface area contributed by atoms with Crippen molar-refractivity contribution in [2.24, 2.45) is 5.73 Å². The van der Waals surface area contributed by atoms with Gasteiger partial charge in [0, 0.05) is 12.5 Å². The lowest BCUT2D eigenvalue weighted by atomic mass is 9.88. The van der Waals surface area contributed by atoms with Gasteiger partial charge in [-0.05, 0) is 43.4 Å². The number of likely N-dealkylation sites (tertiary alicyclic amines) is 1. The molecule has 2 N–H and O–H groups in total. The van der Waals surface area contributed by atoms with Crippen LogP contribution in [0.25, 0.3) is 0 Å². The predicted molar refractivity (Wildman–Crippen MR) is 92.7 cm³/mol. The number of piperidine rings is 1. The molecular formula is C20H26N2. The van der Waals surface area contributed by atoms with Crippen LogP contribution in [0.5, 0.6) is 0 Å². The minimum absolute atomic E-state index is 0.251. The lowest BCUT2D eigenvalue weighted by Crippen LogP contribution is -2.46. The van der Waals surface area contributed by atoms with Crippen molar-refractivity contribution in [1.29, 1.82) is 0 Å². The van der Waals surface area contributed by atoms with E-state index in [1.807, 2.05) is 0 Å². The average molecular weight is 294 g/mol. The largest absolute Gasteiger partial charge is 0.316 e. The molecule has 1 aliphatic heterocycles. The molecule has 2 aromatic rings. The van der Waals surface area contributed by atoms with Gasteiger partial charge in [0.15, 0.2) is 0 Å². The first kappa shape index (κ1) is 15.3. The third-order valence-electron chi connectivity index (χ3n) is 4.77. The van der Waals surface area contributed by atoms with E-state index < -0.39 is 0 Å². The van der Waals surface area contributed by atoms with E-state index in [4.69, 9.17) is 5.73 Å². The summed E-state index contributed by atoms with van der Waals surface area (Å²) in [4.78, 5) is 2.46. The van der Waals surface area contributed by atoms with Gasteiger partial charge in [0.05, 0.1) is 6.17 Å². The average Bonchev–Trinajstić information content (AvgIpc) is 2.59. The summed E-state index contributed by atoms with van der Waals surface area (Å²) in [6, 6.07) is 21.7. The van der Waals surface area contributed by atoms with Crippen LogP contribution in [0.1, 0.15) is 42.7 Å². The van der Waals surface area contributed by atoms with Gasteiger partial charge in [0.2, 0.25) is 0 Å². The van der Waals surface area contributed by atoms with Crippen molar-refractivity contribution in [2.75, 3.05) is 13.1 Å². The Morgan fingerprint density at radius 1 is 0.909 bits per heavy atom. The minimum atomic E-state index is 0.251. The van der Waals surface area contributed by atoms with Crippen LogP contribution in [0.2, 0.25) is 0 Å². The summed E-state index contributed by atoms with van der Waals surface area (Å²) in [6.07, 6.45) is 5.08. The van der Waals surface area contributed by atoms with E-state index in [0.717, 1.165) is 25.9 Å². The van der Waals surface area contributed by atoms with E-state index in [0.29, 0.717) is 5.92 Å². The third kappa shape index (κ3) is 3.76. The lowest BCUT2D eigenvalue weighted by molar-refractivity contribution is 0.149. The van der Waals surface area contributed by atoms with E-state index in [-0.39, 0.29) is 6.17 Å². The molecule has 1 aliphatic rings. The van der Waals surface area contributed by atoms with Crippen LogP contribution in [0.3, 0.4) is 0 Å². The van der Waals surface area contributed by atoms with Crippen LogP contribution in [-0.4, -0.2) is 24.2 Å². The standard InChI is InChI=1S/C20H26N2/c21-20-13-7-8-15-22(20)16-14-19(17-9-3-1-4-10-17)18-11-5-2-6-12-18/h1-6,9-12,19-20H,7-8,13-16,21H2. The van der Waals surface area contributed by atoms with Crippen molar-refractivity contribution in [3.63, 3.8) is 0 Å². The number of hydrogen-bond acceptors (Lipinski definition) is 2. The fourth-order valence-electron chi connectivity index (χ4n) is 3.49. The molecule has 3 rings (SSSR count). The molecule has 1 fully saturated rings. The van der Waals surface area contributed by atoms with Crippen LogP contribution >= 0.6 is 0 Å². The summed E-state index contributed by atoms with van der Waals surface area (Å²) in [6.45, 7) is 2.23. The van der Waals surface area contributed by atoms with Crippen molar-refractivity contribution >= 4 is 0 Å². The normalized spacial score (nSPS) is 19.5. The molecular weight excluding hydrogens is 268 g/mol. The Kier molecular flexibility index (Phi) is 5.25. The highest BCUT2D eigenvalue weighted by Crippen LogP contribution is 2.28. The molecule has 0 amide bonds. The summed E-state index contributed by atoms with van der Waals surface area (Å²) < 4.78 is 0. The van der Waals surface area contributed by atoms with Gasteiger partial charge in [-0.2, -0.15) is 0 Å². The van der Waals surface area contributed by atoms with E-state index >= 15 is 0 Å². The van der Waals surface area contributed by atoms with E-state index in [1.54, 1.807) is 0 Å². The number of benzene rings is 2. The number of nitrogens with two attached hydrogens (primary N) is 1. The van der Waals surface area contributed by atoms with Gasteiger partial charge in [-0.25, -0.2) is 0 Å². The summed E-state index contributed by atoms with van der Waals surface area (Å²) in [5, 5.41) is 0. The summed E-state index contributed by atoms with van der Waals surface area (Å²) in [5.74, 6) is 0.455. The van der Waals surface area contributed by atoms with Gasteiger partial charge in [-0.15, -0.1) is 0 Å². The van der Waals surface area contributed by atoms with Gasteiger partial charge < -0.3 is 5.73 Å². The zero-order valence-electron chi connectivity index (χ0n) is 13.2. The smallest absolute Gasteiger partial charge is 0.0571 e. The highest BCUT2D eigenvalue weighted by molar-refractivity contribution is 5.32. The van der Waals surface area contributed by atoms with Gasteiger partial charge in [-0.3, -0.25) is 4.90 Å². The second-order valence-electron chi connectivity index (χ2n) is 6.26. The molecule has 0 bridgehead atoms. The molecule has 0 aliphatic carbocycles. The van der Waals surface area contributed by atoms with Crippen molar-refractivity contribution in [2.45, 2.75) is 37.8 Å². The monoisotopic (exact) mass is 294 g/mol. The second kappa shape index (κ2) is 7.57. The molecule has 1 unspecified atom stereocenters. The van der Waals surface area contributed by atoms with E-state index in [2.05, 4.69) is 65.6 Å². The Bertz CT molecular complexity index is 513. The van der Waals surface area contributed by atoms with Gasteiger partial charge >= 0.3 is 0 Å². The van der Waals surface area contributed by atoms with Gasteiger partial charge in [0.25, 0.3) is 0 Å². The Morgan fingerprint density at radius 2 is 1.50 bits per heavy atom. The topological polar surface area (TPSA) is 29.3 Å². The van der Waals surface area contributed by atoms with Crippen molar-refractivity contribution in [3.05, 3.63) is 71.8 Å². The Hall–Kier alpha value is -1.64. The van der Waals surface area contributed by atoms with Crippen LogP contribution in [0.4, 0.5) is 0 Å². The van der Waals surface area contributed by atoms with Crippen LogP contribution < -0.4 is 5.73 Å². The first-order valence-electron chi connectivity index (χ1n) is 8.44. The molecule has 0 saturated carbocycles. The maximum atomic E-state index is 6.27. The van der Waals surface area contributed by atoms with Crippen LogP contribution in [0, 0.1) is 0 Å². The van der Waals surface area contributed by atoms with Crippen LogP contribution in [-0.2, 0) is 0 Å². The fourth-order valence-corrected chi connectivity index (χ4v) is 3.49. The molecule has 0 spiro atoms. The third-order valence-corrected chi connectivity index (χ3v) is 4.77. The zero-order chi connectivity index (χ0) is 15.2. The summed E-state index contributed by atoms with van der Waals surface area (Å²) >= 11 is 0. The van der Waals surface area contributed by atoms with E-state index in [1.165, 1.54) is 24.0 Å². The number of rotatable bonds is 5. The molecule has 2 heteroatoms. The Morgan fingerprint density at radius 3 is 2.05 bits per heavy atom. The molecule has 22 heavy (non-hydrogen) atoms. The number of nitrogens with zero attached hydrogens (tertiary/aromatic N) is 1. The molecule has 1 heterocycles.